The van der Waals surface area contributed by atoms with E-state index in [4.69, 9.17) is 5.73 Å². The lowest BCUT2D eigenvalue weighted by Gasteiger charge is -2.12. The first-order valence-electron chi connectivity index (χ1n) is 7.35. The van der Waals surface area contributed by atoms with Crippen molar-refractivity contribution < 1.29 is 0 Å². The Morgan fingerprint density at radius 1 is 1.10 bits per heavy atom. The Hall–Kier alpha value is -1.16. The molecule has 0 spiro atoms. The topological polar surface area (TPSA) is 38.0 Å². The first kappa shape index (κ1) is 15.2. The minimum Gasteiger partial charge on any atom is -0.327 e. The first-order chi connectivity index (χ1) is 9.78. The number of rotatable bonds is 8. The van der Waals surface area contributed by atoms with Gasteiger partial charge >= 0.3 is 0 Å². The summed E-state index contributed by atoms with van der Waals surface area (Å²) in [5, 5.41) is 3.46. The summed E-state index contributed by atoms with van der Waals surface area (Å²) in [5.74, 6) is 0. The predicted octanol–water partition coefficient (Wildman–Crippen LogP) is 3.36. The van der Waals surface area contributed by atoms with Crippen LogP contribution in [0.2, 0.25) is 0 Å². The minimum atomic E-state index is 0.223. The van der Waals surface area contributed by atoms with E-state index in [1.165, 1.54) is 15.3 Å². The molecule has 108 valence electrons. The standard InChI is InChI=1S/C17H24N2S/c1-2-16-10-11-17(20-16)13-19-12-15(18)9-8-14-6-4-3-5-7-14/h3-7,10-11,15,19H,2,8-9,12-13,18H2,1H3. The number of thiophene rings is 1. The van der Waals surface area contributed by atoms with Crippen molar-refractivity contribution in [1.29, 1.82) is 0 Å². The highest BCUT2D eigenvalue weighted by molar-refractivity contribution is 7.11. The Morgan fingerprint density at radius 2 is 1.85 bits per heavy atom. The van der Waals surface area contributed by atoms with Gasteiger partial charge in [0.15, 0.2) is 0 Å². The van der Waals surface area contributed by atoms with E-state index in [-0.39, 0.29) is 6.04 Å². The van der Waals surface area contributed by atoms with Crippen LogP contribution in [0.4, 0.5) is 0 Å². The number of aryl methyl sites for hydroxylation is 2. The van der Waals surface area contributed by atoms with Crippen LogP contribution in [-0.4, -0.2) is 12.6 Å². The van der Waals surface area contributed by atoms with Gasteiger partial charge in [-0.05, 0) is 37.0 Å². The highest BCUT2D eigenvalue weighted by Gasteiger charge is 2.04. The van der Waals surface area contributed by atoms with Crippen LogP contribution in [0.1, 0.15) is 28.7 Å². The molecule has 3 heteroatoms. The van der Waals surface area contributed by atoms with Crippen molar-refractivity contribution in [2.45, 2.75) is 38.8 Å². The molecule has 1 aromatic carbocycles. The third-order valence-electron chi connectivity index (χ3n) is 3.42. The van der Waals surface area contributed by atoms with E-state index in [1.54, 1.807) is 0 Å². The van der Waals surface area contributed by atoms with Crippen molar-refractivity contribution in [2.75, 3.05) is 6.54 Å². The molecular weight excluding hydrogens is 264 g/mol. The molecule has 20 heavy (non-hydrogen) atoms. The van der Waals surface area contributed by atoms with Gasteiger partial charge in [0.2, 0.25) is 0 Å². The van der Waals surface area contributed by atoms with Crippen molar-refractivity contribution in [3.8, 4) is 0 Å². The lowest BCUT2D eigenvalue weighted by atomic mass is 10.1. The van der Waals surface area contributed by atoms with E-state index in [0.717, 1.165) is 32.4 Å². The van der Waals surface area contributed by atoms with E-state index in [9.17, 15) is 0 Å². The number of nitrogens with one attached hydrogen (secondary N) is 1. The van der Waals surface area contributed by atoms with Crippen molar-refractivity contribution in [1.82, 2.24) is 5.32 Å². The highest BCUT2D eigenvalue weighted by Crippen LogP contribution is 2.16. The van der Waals surface area contributed by atoms with Crippen molar-refractivity contribution in [3.63, 3.8) is 0 Å². The Kier molecular flexibility index (Phi) is 6.25. The lowest BCUT2D eigenvalue weighted by Crippen LogP contribution is -2.33. The molecule has 1 aromatic heterocycles. The molecule has 1 atom stereocenters. The van der Waals surface area contributed by atoms with Gasteiger partial charge in [-0.15, -0.1) is 11.3 Å². The van der Waals surface area contributed by atoms with Crippen LogP contribution in [-0.2, 0) is 19.4 Å². The van der Waals surface area contributed by atoms with Gasteiger partial charge in [0.05, 0.1) is 0 Å². The summed E-state index contributed by atoms with van der Waals surface area (Å²) >= 11 is 1.89. The molecule has 0 saturated heterocycles. The maximum Gasteiger partial charge on any atom is 0.0300 e. The quantitative estimate of drug-likeness (QED) is 0.781. The SMILES string of the molecule is CCc1ccc(CNCC(N)CCc2ccccc2)s1. The predicted molar refractivity (Wildman–Crippen MR) is 88.1 cm³/mol. The van der Waals surface area contributed by atoms with Crippen LogP contribution in [0.3, 0.4) is 0 Å². The molecule has 0 fully saturated rings. The molecule has 2 nitrogen and oxygen atoms in total. The number of benzene rings is 1. The lowest BCUT2D eigenvalue weighted by molar-refractivity contribution is 0.546. The zero-order valence-corrected chi connectivity index (χ0v) is 13.0. The van der Waals surface area contributed by atoms with Gasteiger partial charge in [-0.25, -0.2) is 0 Å². The van der Waals surface area contributed by atoms with E-state index in [0.29, 0.717) is 0 Å². The molecule has 2 aromatic rings. The average molecular weight is 288 g/mol. The molecule has 1 unspecified atom stereocenters. The smallest absolute Gasteiger partial charge is 0.0300 e. The number of nitrogens with two attached hydrogens (primary N) is 1. The molecule has 1 heterocycles. The molecule has 0 aliphatic carbocycles. The van der Waals surface area contributed by atoms with Crippen LogP contribution in [0.25, 0.3) is 0 Å². The normalized spacial score (nSPS) is 12.5. The summed E-state index contributed by atoms with van der Waals surface area (Å²) in [6.45, 7) is 4.01. The third kappa shape index (κ3) is 5.08. The molecule has 0 aliphatic heterocycles. The van der Waals surface area contributed by atoms with Crippen LogP contribution in [0.15, 0.2) is 42.5 Å². The maximum absolute atomic E-state index is 6.16. The van der Waals surface area contributed by atoms with Crippen LogP contribution in [0, 0.1) is 0 Å². The second-order valence-electron chi connectivity index (χ2n) is 5.14. The molecule has 0 radical (unpaired) electrons. The fraction of sp³-hybridized carbons (Fsp3) is 0.412. The van der Waals surface area contributed by atoms with E-state index < -0.39 is 0 Å². The van der Waals surface area contributed by atoms with Gasteiger partial charge in [-0.1, -0.05) is 37.3 Å². The molecule has 0 aliphatic rings. The summed E-state index contributed by atoms with van der Waals surface area (Å²) in [7, 11) is 0. The highest BCUT2D eigenvalue weighted by atomic mass is 32.1. The van der Waals surface area contributed by atoms with Crippen molar-refractivity contribution in [2.24, 2.45) is 5.73 Å². The third-order valence-corrected chi connectivity index (χ3v) is 4.65. The van der Waals surface area contributed by atoms with E-state index in [2.05, 4.69) is 54.7 Å². The van der Waals surface area contributed by atoms with Crippen molar-refractivity contribution in [3.05, 3.63) is 57.8 Å². The van der Waals surface area contributed by atoms with Crippen LogP contribution in [0.5, 0.6) is 0 Å². The average Bonchev–Trinajstić information content (AvgIpc) is 2.94. The van der Waals surface area contributed by atoms with Gasteiger partial charge in [0.25, 0.3) is 0 Å². The zero-order chi connectivity index (χ0) is 14.2. The van der Waals surface area contributed by atoms with Crippen LogP contribution < -0.4 is 11.1 Å². The second-order valence-corrected chi connectivity index (χ2v) is 6.39. The largest absolute Gasteiger partial charge is 0.327 e. The Morgan fingerprint density at radius 3 is 2.55 bits per heavy atom. The fourth-order valence-electron chi connectivity index (χ4n) is 2.19. The molecule has 3 N–H and O–H groups in total. The summed E-state index contributed by atoms with van der Waals surface area (Å²) in [6, 6.07) is 15.2. The molecule has 0 bridgehead atoms. The second kappa shape index (κ2) is 8.20. The van der Waals surface area contributed by atoms with Crippen LogP contribution >= 0.6 is 11.3 Å². The first-order valence-corrected chi connectivity index (χ1v) is 8.17. The van der Waals surface area contributed by atoms with Crippen molar-refractivity contribution >= 4 is 11.3 Å². The van der Waals surface area contributed by atoms with Gasteiger partial charge in [-0.3, -0.25) is 0 Å². The molecule has 0 amide bonds. The summed E-state index contributed by atoms with van der Waals surface area (Å²) in [5.41, 5.74) is 7.53. The number of hydrogen-bond acceptors (Lipinski definition) is 3. The fourth-order valence-corrected chi connectivity index (χ4v) is 3.11. The van der Waals surface area contributed by atoms with Gasteiger partial charge in [0, 0.05) is 28.9 Å². The van der Waals surface area contributed by atoms with E-state index >= 15 is 0 Å². The summed E-state index contributed by atoms with van der Waals surface area (Å²) < 4.78 is 0. The monoisotopic (exact) mass is 288 g/mol. The number of hydrogen-bond donors (Lipinski definition) is 2. The maximum atomic E-state index is 6.16. The minimum absolute atomic E-state index is 0.223. The Balaban J connectivity index is 1.63. The van der Waals surface area contributed by atoms with Gasteiger partial charge in [0.1, 0.15) is 0 Å². The van der Waals surface area contributed by atoms with Gasteiger partial charge in [-0.2, -0.15) is 0 Å². The Labute approximate surface area is 126 Å². The molecule has 0 saturated carbocycles. The van der Waals surface area contributed by atoms with Gasteiger partial charge < -0.3 is 11.1 Å². The molecule has 2 rings (SSSR count). The summed E-state index contributed by atoms with van der Waals surface area (Å²) in [4.78, 5) is 2.85. The summed E-state index contributed by atoms with van der Waals surface area (Å²) in [6.07, 6.45) is 3.21. The van der Waals surface area contributed by atoms with E-state index in [1.807, 2.05) is 11.3 Å². The zero-order valence-electron chi connectivity index (χ0n) is 12.1. The Bertz CT molecular complexity index is 493. The molecular formula is C17H24N2S.